The minimum absolute atomic E-state index is 0.132. The van der Waals surface area contributed by atoms with Crippen molar-refractivity contribution in [1.29, 1.82) is 0 Å². The lowest BCUT2D eigenvalue weighted by Gasteiger charge is -2.45. The summed E-state index contributed by atoms with van der Waals surface area (Å²) in [6.45, 7) is 0.762. The molecule has 8 heteroatoms. The first-order valence-electron chi connectivity index (χ1n) is 9.36. The molecule has 2 aromatic rings. The van der Waals surface area contributed by atoms with Crippen LogP contribution in [0.15, 0.2) is 48.5 Å². The van der Waals surface area contributed by atoms with Gasteiger partial charge in [0.1, 0.15) is 17.8 Å². The lowest BCUT2D eigenvalue weighted by atomic mass is 9.98. The molecular weight excluding hydrogens is 394 g/mol. The predicted octanol–water partition coefficient (Wildman–Crippen LogP) is 1.44. The van der Waals surface area contributed by atoms with Gasteiger partial charge in [0.25, 0.3) is 5.91 Å². The van der Waals surface area contributed by atoms with Crippen LogP contribution in [0.5, 0.6) is 5.75 Å². The van der Waals surface area contributed by atoms with Crippen molar-refractivity contribution in [2.75, 3.05) is 19.6 Å². The summed E-state index contributed by atoms with van der Waals surface area (Å²) >= 11 is 6.13. The highest BCUT2D eigenvalue weighted by atomic mass is 35.5. The quantitative estimate of drug-likeness (QED) is 0.796. The molecule has 2 heterocycles. The van der Waals surface area contributed by atoms with Gasteiger partial charge in [-0.15, -0.1) is 0 Å². The van der Waals surface area contributed by atoms with E-state index >= 15 is 0 Å². The number of nitrogens with zero attached hydrogens (tertiary/aromatic N) is 2. The Morgan fingerprint density at radius 1 is 1.10 bits per heavy atom. The first-order valence-corrected chi connectivity index (χ1v) is 9.74. The van der Waals surface area contributed by atoms with Crippen LogP contribution in [0.4, 0.5) is 0 Å². The van der Waals surface area contributed by atoms with Crippen molar-refractivity contribution < 1.29 is 19.5 Å². The zero-order valence-corrected chi connectivity index (χ0v) is 16.3. The van der Waals surface area contributed by atoms with E-state index in [0.29, 0.717) is 30.1 Å². The highest BCUT2D eigenvalue weighted by Gasteiger charge is 2.44. The maximum absolute atomic E-state index is 12.9. The molecular formula is C21H20ClN3O4. The maximum atomic E-state index is 12.9. The minimum Gasteiger partial charge on any atom is -0.508 e. The molecule has 2 N–H and O–H groups in total. The lowest BCUT2D eigenvalue weighted by molar-refractivity contribution is -0.152. The number of rotatable bonds is 3. The third-order valence-electron chi connectivity index (χ3n) is 5.35. The first kappa shape index (κ1) is 19.3. The molecule has 29 heavy (non-hydrogen) atoms. The summed E-state index contributed by atoms with van der Waals surface area (Å²) < 4.78 is 0. The SMILES string of the molecule is O=C1N[C@@H](Cc2ccc(O)cc2)C(=O)N2CCN(C(=O)c3ccccc3Cl)C[C@H]12. The molecule has 0 bridgehead atoms. The standard InChI is InChI=1S/C21H20ClN3O4/c22-16-4-2-1-3-15(16)20(28)24-9-10-25-18(12-24)19(27)23-17(21(25)29)11-13-5-7-14(26)8-6-13/h1-8,17-18,26H,9-12H2,(H,23,27)/t17-,18+/m0/s1. The number of phenolic OH excluding ortho intramolecular Hbond substituents is 1. The van der Waals surface area contributed by atoms with E-state index in [-0.39, 0.29) is 30.0 Å². The van der Waals surface area contributed by atoms with Crippen LogP contribution < -0.4 is 5.32 Å². The normalized spacial score (nSPS) is 21.6. The fourth-order valence-corrected chi connectivity index (χ4v) is 4.01. The summed E-state index contributed by atoms with van der Waals surface area (Å²) in [6, 6.07) is 12.0. The number of carbonyl (C=O) groups is 3. The highest BCUT2D eigenvalue weighted by molar-refractivity contribution is 6.33. The van der Waals surface area contributed by atoms with E-state index in [4.69, 9.17) is 11.6 Å². The van der Waals surface area contributed by atoms with Crippen LogP contribution in [-0.4, -0.2) is 64.3 Å². The number of halogens is 1. The summed E-state index contributed by atoms with van der Waals surface area (Å²) in [5, 5.41) is 12.5. The molecule has 7 nitrogen and oxygen atoms in total. The van der Waals surface area contributed by atoms with Gasteiger partial charge >= 0.3 is 0 Å². The summed E-state index contributed by atoms with van der Waals surface area (Å²) in [6.07, 6.45) is 0.344. The van der Waals surface area contributed by atoms with Crippen LogP contribution in [0.1, 0.15) is 15.9 Å². The fraction of sp³-hybridized carbons (Fsp3) is 0.286. The second-order valence-corrected chi connectivity index (χ2v) is 7.62. The summed E-state index contributed by atoms with van der Waals surface area (Å²) in [7, 11) is 0. The van der Waals surface area contributed by atoms with Gasteiger partial charge in [-0.2, -0.15) is 0 Å². The zero-order valence-electron chi connectivity index (χ0n) is 15.5. The number of hydrogen-bond donors (Lipinski definition) is 2. The van der Waals surface area contributed by atoms with Crippen molar-refractivity contribution in [2.45, 2.75) is 18.5 Å². The number of aromatic hydroxyl groups is 1. The number of amides is 3. The molecule has 0 unspecified atom stereocenters. The first-order chi connectivity index (χ1) is 13.9. The second-order valence-electron chi connectivity index (χ2n) is 7.21. The van der Waals surface area contributed by atoms with Gasteiger partial charge in [-0.25, -0.2) is 0 Å². The molecule has 0 aromatic heterocycles. The predicted molar refractivity (Wildman–Crippen MR) is 107 cm³/mol. The summed E-state index contributed by atoms with van der Waals surface area (Å²) in [5.41, 5.74) is 1.22. The van der Waals surface area contributed by atoms with E-state index in [1.165, 1.54) is 0 Å². The van der Waals surface area contributed by atoms with E-state index < -0.39 is 12.1 Å². The highest BCUT2D eigenvalue weighted by Crippen LogP contribution is 2.22. The van der Waals surface area contributed by atoms with Gasteiger partial charge in [-0.05, 0) is 29.8 Å². The van der Waals surface area contributed by atoms with E-state index in [0.717, 1.165) is 5.56 Å². The Morgan fingerprint density at radius 3 is 2.55 bits per heavy atom. The van der Waals surface area contributed by atoms with Crippen molar-refractivity contribution in [2.24, 2.45) is 0 Å². The van der Waals surface area contributed by atoms with E-state index in [9.17, 15) is 19.5 Å². The number of carbonyl (C=O) groups excluding carboxylic acids is 3. The molecule has 2 aliphatic heterocycles. The Morgan fingerprint density at radius 2 is 1.83 bits per heavy atom. The van der Waals surface area contributed by atoms with Crippen LogP contribution in [0.2, 0.25) is 5.02 Å². The lowest BCUT2D eigenvalue weighted by Crippen LogP contribution is -2.70. The van der Waals surface area contributed by atoms with E-state index in [2.05, 4.69) is 5.32 Å². The Balaban J connectivity index is 1.46. The number of benzene rings is 2. The average Bonchev–Trinajstić information content (AvgIpc) is 2.73. The molecule has 2 fully saturated rings. The second kappa shape index (κ2) is 7.75. The number of nitrogens with one attached hydrogen (secondary N) is 1. The Kier molecular flexibility index (Phi) is 5.15. The fourth-order valence-electron chi connectivity index (χ4n) is 3.80. The van der Waals surface area contributed by atoms with Crippen molar-refractivity contribution in [3.05, 3.63) is 64.7 Å². The Bertz CT molecular complexity index is 963. The van der Waals surface area contributed by atoms with Crippen LogP contribution in [-0.2, 0) is 16.0 Å². The van der Waals surface area contributed by atoms with Crippen LogP contribution in [0.25, 0.3) is 0 Å². The van der Waals surface area contributed by atoms with Gasteiger partial charge in [0.05, 0.1) is 17.1 Å². The number of piperazine rings is 2. The molecule has 2 saturated heterocycles. The zero-order chi connectivity index (χ0) is 20.5. The molecule has 3 amide bonds. The van der Waals surface area contributed by atoms with Crippen molar-refractivity contribution in [3.63, 3.8) is 0 Å². The van der Waals surface area contributed by atoms with E-state index in [1.807, 2.05) is 0 Å². The third kappa shape index (κ3) is 3.78. The monoisotopic (exact) mass is 413 g/mol. The summed E-state index contributed by atoms with van der Waals surface area (Å²) in [5.74, 6) is -0.536. The molecule has 0 aliphatic carbocycles. The van der Waals surface area contributed by atoms with Crippen LogP contribution in [0, 0.1) is 0 Å². The Labute approximate surface area is 172 Å². The van der Waals surface area contributed by atoms with Crippen LogP contribution >= 0.6 is 11.6 Å². The Hall–Kier alpha value is -3.06. The molecule has 2 atom stereocenters. The molecule has 2 aromatic carbocycles. The van der Waals surface area contributed by atoms with Gasteiger partial charge in [-0.3, -0.25) is 14.4 Å². The van der Waals surface area contributed by atoms with Crippen molar-refractivity contribution in [3.8, 4) is 5.75 Å². The van der Waals surface area contributed by atoms with Crippen molar-refractivity contribution >= 4 is 29.3 Å². The topological polar surface area (TPSA) is 89.9 Å². The molecule has 4 rings (SSSR count). The van der Waals surface area contributed by atoms with Gasteiger partial charge in [0.2, 0.25) is 11.8 Å². The third-order valence-corrected chi connectivity index (χ3v) is 5.68. The van der Waals surface area contributed by atoms with Gasteiger partial charge in [0, 0.05) is 19.5 Å². The largest absolute Gasteiger partial charge is 0.508 e. The number of phenols is 1. The molecule has 0 spiro atoms. The van der Waals surface area contributed by atoms with Gasteiger partial charge < -0.3 is 20.2 Å². The smallest absolute Gasteiger partial charge is 0.255 e. The molecule has 150 valence electrons. The summed E-state index contributed by atoms with van der Waals surface area (Å²) in [4.78, 5) is 41.5. The number of fused-ring (bicyclic) bond motifs is 1. The maximum Gasteiger partial charge on any atom is 0.255 e. The van der Waals surface area contributed by atoms with E-state index in [1.54, 1.807) is 58.3 Å². The molecule has 0 radical (unpaired) electrons. The van der Waals surface area contributed by atoms with Crippen molar-refractivity contribution in [1.82, 2.24) is 15.1 Å². The van der Waals surface area contributed by atoms with Gasteiger partial charge in [-0.1, -0.05) is 35.9 Å². The number of hydrogen-bond acceptors (Lipinski definition) is 4. The van der Waals surface area contributed by atoms with Crippen LogP contribution in [0.3, 0.4) is 0 Å². The molecule has 2 aliphatic rings. The average molecular weight is 414 g/mol. The minimum atomic E-state index is -0.709. The molecule has 0 saturated carbocycles. The van der Waals surface area contributed by atoms with Gasteiger partial charge in [0.15, 0.2) is 0 Å².